The first-order chi connectivity index (χ1) is 11.8. The van der Waals surface area contributed by atoms with Crippen LogP contribution in [-0.4, -0.2) is 25.7 Å². The fourth-order valence-electron chi connectivity index (χ4n) is 2.61. The van der Waals surface area contributed by atoms with Crippen molar-refractivity contribution in [3.05, 3.63) is 52.9 Å². The van der Waals surface area contributed by atoms with Crippen LogP contribution < -0.4 is 15.2 Å². The number of nitrogens with two attached hydrogens (primary N) is 1. The zero-order valence-electron chi connectivity index (χ0n) is 13.8. The Hall–Kier alpha value is -2.37. The highest BCUT2D eigenvalue weighted by Crippen LogP contribution is 2.40. The van der Waals surface area contributed by atoms with E-state index in [2.05, 4.69) is 17.1 Å². The number of nitrogens with zero attached hydrogens (tertiary/aromatic N) is 1. The second-order valence-corrected chi connectivity index (χ2v) is 6.23. The van der Waals surface area contributed by atoms with E-state index in [1.807, 2.05) is 35.7 Å². The Morgan fingerprint density at radius 1 is 1.00 bits per heavy atom. The molecule has 0 saturated carbocycles. The molecule has 2 N–H and O–H groups in total. The quantitative estimate of drug-likeness (QED) is 0.737. The van der Waals surface area contributed by atoms with Crippen molar-refractivity contribution in [2.75, 3.05) is 20.8 Å². The second kappa shape index (κ2) is 7.47. The molecule has 1 heterocycles. The molecule has 4 nitrogen and oxygen atoms in total. The van der Waals surface area contributed by atoms with Gasteiger partial charge in [-0.15, -0.1) is 11.3 Å². The third-order valence-corrected chi connectivity index (χ3v) is 4.70. The van der Waals surface area contributed by atoms with E-state index in [-0.39, 0.29) is 0 Å². The SMILES string of the molecule is COc1cc(-c2csc(CCN)n2)c(OC)cc1-c1ccccc1. The first-order valence-electron chi connectivity index (χ1n) is 7.73. The lowest BCUT2D eigenvalue weighted by Gasteiger charge is -2.14. The van der Waals surface area contributed by atoms with Crippen molar-refractivity contribution in [3.63, 3.8) is 0 Å². The van der Waals surface area contributed by atoms with Crippen molar-refractivity contribution < 1.29 is 9.47 Å². The van der Waals surface area contributed by atoms with Crippen molar-refractivity contribution in [3.8, 4) is 33.9 Å². The van der Waals surface area contributed by atoms with Gasteiger partial charge in [0.05, 0.1) is 24.9 Å². The average Bonchev–Trinajstić information content (AvgIpc) is 3.10. The summed E-state index contributed by atoms with van der Waals surface area (Å²) in [4.78, 5) is 4.66. The van der Waals surface area contributed by atoms with Crippen LogP contribution in [0.5, 0.6) is 11.5 Å². The van der Waals surface area contributed by atoms with Crippen LogP contribution in [0.1, 0.15) is 5.01 Å². The molecule has 3 aromatic rings. The Balaban J connectivity index is 2.10. The van der Waals surface area contributed by atoms with Gasteiger partial charge in [0.1, 0.15) is 11.5 Å². The molecule has 0 amide bonds. The van der Waals surface area contributed by atoms with Crippen molar-refractivity contribution in [1.82, 2.24) is 4.98 Å². The third kappa shape index (κ3) is 3.27. The van der Waals surface area contributed by atoms with Crippen LogP contribution in [0.25, 0.3) is 22.4 Å². The molecular formula is C19H20N2O2S. The van der Waals surface area contributed by atoms with Gasteiger partial charge in [0.15, 0.2) is 0 Å². The Bertz CT molecular complexity index is 815. The molecule has 0 fully saturated rings. The van der Waals surface area contributed by atoms with Crippen LogP contribution >= 0.6 is 11.3 Å². The average molecular weight is 340 g/mol. The van der Waals surface area contributed by atoms with Crippen molar-refractivity contribution in [2.45, 2.75) is 6.42 Å². The highest BCUT2D eigenvalue weighted by molar-refractivity contribution is 7.09. The topological polar surface area (TPSA) is 57.4 Å². The summed E-state index contributed by atoms with van der Waals surface area (Å²) in [5, 5.41) is 3.06. The number of benzene rings is 2. The summed E-state index contributed by atoms with van der Waals surface area (Å²) in [7, 11) is 3.35. The van der Waals surface area contributed by atoms with Crippen LogP contribution in [0.4, 0.5) is 0 Å². The highest BCUT2D eigenvalue weighted by Gasteiger charge is 2.16. The summed E-state index contributed by atoms with van der Waals surface area (Å²) in [6, 6.07) is 14.1. The molecule has 124 valence electrons. The Labute approximate surface area is 145 Å². The Morgan fingerprint density at radius 3 is 2.33 bits per heavy atom. The van der Waals surface area contributed by atoms with Crippen molar-refractivity contribution in [1.29, 1.82) is 0 Å². The molecule has 5 heteroatoms. The van der Waals surface area contributed by atoms with E-state index in [9.17, 15) is 0 Å². The lowest BCUT2D eigenvalue weighted by Crippen LogP contribution is -2.02. The summed E-state index contributed by atoms with van der Waals surface area (Å²) in [5.74, 6) is 1.57. The minimum absolute atomic E-state index is 0.598. The van der Waals surface area contributed by atoms with Crippen LogP contribution in [-0.2, 0) is 6.42 Å². The minimum Gasteiger partial charge on any atom is -0.496 e. The zero-order valence-corrected chi connectivity index (χ0v) is 14.6. The van der Waals surface area contributed by atoms with Gasteiger partial charge in [0, 0.05) is 22.9 Å². The maximum Gasteiger partial charge on any atom is 0.129 e. The number of rotatable bonds is 6. The van der Waals surface area contributed by atoms with E-state index in [1.165, 1.54) is 0 Å². The predicted molar refractivity (Wildman–Crippen MR) is 98.8 cm³/mol. The smallest absolute Gasteiger partial charge is 0.129 e. The zero-order chi connectivity index (χ0) is 16.9. The molecule has 0 atom stereocenters. The summed E-state index contributed by atoms with van der Waals surface area (Å²) < 4.78 is 11.2. The number of methoxy groups -OCH3 is 2. The molecule has 1 aromatic heterocycles. The van der Waals surface area contributed by atoms with Crippen LogP contribution in [0, 0.1) is 0 Å². The van der Waals surface area contributed by atoms with Crippen LogP contribution in [0.2, 0.25) is 0 Å². The van der Waals surface area contributed by atoms with E-state index >= 15 is 0 Å². The largest absolute Gasteiger partial charge is 0.496 e. The summed E-state index contributed by atoms with van der Waals surface area (Å²) in [5.41, 5.74) is 9.51. The molecule has 0 aliphatic rings. The van der Waals surface area contributed by atoms with Crippen molar-refractivity contribution >= 4 is 11.3 Å². The molecule has 0 spiro atoms. The molecule has 0 unspecified atom stereocenters. The van der Waals surface area contributed by atoms with Crippen molar-refractivity contribution in [2.24, 2.45) is 5.73 Å². The van der Waals surface area contributed by atoms with Gasteiger partial charge in [-0.1, -0.05) is 30.3 Å². The van der Waals surface area contributed by atoms with Gasteiger partial charge in [-0.2, -0.15) is 0 Å². The summed E-state index contributed by atoms with van der Waals surface area (Å²) in [6.45, 7) is 0.598. The molecule has 0 saturated heterocycles. The Kier molecular flexibility index (Phi) is 5.13. The van der Waals surface area contributed by atoms with Gasteiger partial charge in [0.2, 0.25) is 0 Å². The van der Waals surface area contributed by atoms with E-state index in [1.54, 1.807) is 25.6 Å². The van der Waals surface area contributed by atoms with Gasteiger partial charge in [-0.3, -0.25) is 0 Å². The Morgan fingerprint density at radius 2 is 1.67 bits per heavy atom. The van der Waals surface area contributed by atoms with E-state index in [4.69, 9.17) is 15.2 Å². The van der Waals surface area contributed by atoms with Crippen LogP contribution in [0.3, 0.4) is 0 Å². The fourth-order valence-corrected chi connectivity index (χ4v) is 3.43. The monoisotopic (exact) mass is 340 g/mol. The molecule has 2 aromatic carbocycles. The van der Waals surface area contributed by atoms with E-state index in [0.29, 0.717) is 6.54 Å². The number of thiazole rings is 1. The molecule has 24 heavy (non-hydrogen) atoms. The molecule has 0 radical (unpaired) electrons. The number of hydrogen-bond acceptors (Lipinski definition) is 5. The molecule has 0 aliphatic heterocycles. The maximum absolute atomic E-state index is 5.62. The predicted octanol–water partition coefficient (Wildman–Crippen LogP) is 4.00. The first-order valence-corrected chi connectivity index (χ1v) is 8.61. The standard InChI is InChI=1S/C19H20N2O2S/c1-22-17-11-15(16-12-24-19(21-16)8-9-20)18(23-2)10-14(17)13-6-4-3-5-7-13/h3-7,10-12H,8-9,20H2,1-2H3. The maximum atomic E-state index is 5.62. The summed E-state index contributed by atoms with van der Waals surface area (Å²) >= 11 is 1.61. The second-order valence-electron chi connectivity index (χ2n) is 5.28. The summed E-state index contributed by atoms with van der Waals surface area (Å²) in [6.07, 6.45) is 0.784. The van der Waals surface area contributed by atoms with Gasteiger partial charge in [0.25, 0.3) is 0 Å². The lowest BCUT2D eigenvalue weighted by molar-refractivity contribution is 0.406. The van der Waals surface area contributed by atoms with Crippen LogP contribution in [0.15, 0.2) is 47.8 Å². The molecule has 0 bridgehead atoms. The van der Waals surface area contributed by atoms with Gasteiger partial charge >= 0.3 is 0 Å². The number of aromatic nitrogens is 1. The normalized spacial score (nSPS) is 10.6. The van der Waals surface area contributed by atoms with E-state index < -0.39 is 0 Å². The fraction of sp³-hybridized carbons (Fsp3) is 0.211. The highest BCUT2D eigenvalue weighted by atomic mass is 32.1. The lowest BCUT2D eigenvalue weighted by atomic mass is 10.0. The van der Waals surface area contributed by atoms with E-state index in [0.717, 1.165) is 45.3 Å². The molecular weight excluding hydrogens is 320 g/mol. The molecule has 0 aliphatic carbocycles. The molecule has 3 rings (SSSR count). The third-order valence-electron chi connectivity index (χ3n) is 3.79. The number of ether oxygens (including phenoxy) is 2. The van der Waals surface area contributed by atoms with Gasteiger partial charge in [-0.05, 0) is 24.2 Å². The minimum atomic E-state index is 0.598. The van der Waals surface area contributed by atoms with Gasteiger partial charge in [-0.25, -0.2) is 4.98 Å². The first kappa shape index (κ1) is 16.5. The van der Waals surface area contributed by atoms with Gasteiger partial charge < -0.3 is 15.2 Å². The number of hydrogen-bond donors (Lipinski definition) is 1.